The second-order valence-electron chi connectivity index (χ2n) is 5.99. The number of hydrogen-bond donors (Lipinski definition) is 2. The summed E-state index contributed by atoms with van der Waals surface area (Å²) < 4.78 is 4.97. The Hall–Kier alpha value is -2.15. The number of hydrogen-bond acceptors (Lipinski definition) is 5. The van der Waals surface area contributed by atoms with Crippen LogP contribution >= 0.6 is 11.3 Å². The number of aromatic carboxylic acids is 1. The monoisotopic (exact) mass is 322 g/mol. The largest absolute Gasteiger partial charge is 0.475 e. The number of rotatable bonds is 4. The molecular formula is C15H18N2O4S. The highest BCUT2D eigenvalue weighted by molar-refractivity contribution is 7.09. The fraction of sp³-hybridized carbons (Fsp3) is 0.400. The van der Waals surface area contributed by atoms with Crippen LogP contribution in [0.4, 0.5) is 0 Å². The van der Waals surface area contributed by atoms with Gasteiger partial charge in [-0.05, 0) is 19.1 Å². The smallest absolute Gasteiger partial charge is 0.371 e. The van der Waals surface area contributed by atoms with Gasteiger partial charge in [-0.1, -0.05) is 20.8 Å². The first-order valence-corrected chi connectivity index (χ1v) is 7.66. The van der Waals surface area contributed by atoms with E-state index in [0.29, 0.717) is 0 Å². The van der Waals surface area contributed by atoms with Crippen LogP contribution in [0.2, 0.25) is 0 Å². The van der Waals surface area contributed by atoms with Crippen molar-refractivity contribution >= 4 is 23.2 Å². The summed E-state index contributed by atoms with van der Waals surface area (Å²) in [6, 6.07) is 2.31. The Morgan fingerprint density at radius 1 is 1.32 bits per heavy atom. The summed E-state index contributed by atoms with van der Waals surface area (Å²) in [7, 11) is 0. The quantitative estimate of drug-likeness (QED) is 0.901. The molecule has 0 radical (unpaired) electrons. The van der Waals surface area contributed by atoms with Crippen molar-refractivity contribution in [2.45, 2.75) is 39.2 Å². The SMILES string of the molecule is CC(NC(=O)c1ccc(C(=O)O)o1)c1nc(C(C)(C)C)cs1. The summed E-state index contributed by atoms with van der Waals surface area (Å²) in [5, 5.41) is 14.3. The minimum Gasteiger partial charge on any atom is -0.475 e. The number of carbonyl (C=O) groups excluding carboxylic acids is 1. The number of aromatic nitrogens is 1. The number of thiazole rings is 1. The zero-order valence-electron chi connectivity index (χ0n) is 12.8. The highest BCUT2D eigenvalue weighted by Crippen LogP contribution is 2.26. The highest BCUT2D eigenvalue weighted by atomic mass is 32.1. The van der Waals surface area contributed by atoms with E-state index in [1.165, 1.54) is 23.5 Å². The standard InChI is InChI=1S/C15H18N2O4S/c1-8(13-17-11(7-22-13)15(2,3)4)16-12(18)9-5-6-10(21-9)14(19)20/h5-8H,1-4H3,(H,16,18)(H,19,20). The minimum absolute atomic E-state index is 0.0307. The molecule has 1 unspecified atom stereocenters. The Bertz CT molecular complexity index is 696. The first-order valence-electron chi connectivity index (χ1n) is 6.78. The van der Waals surface area contributed by atoms with E-state index in [1.807, 2.05) is 12.3 Å². The molecule has 2 rings (SSSR count). The van der Waals surface area contributed by atoms with Crippen molar-refractivity contribution in [3.05, 3.63) is 39.7 Å². The van der Waals surface area contributed by atoms with Crippen molar-refractivity contribution in [3.63, 3.8) is 0 Å². The topological polar surface area (TPSA) is 92.4 Å². The highest BCUT2D eigenvalue weighted by Gasteiger charge is 2.22. The first-order chi connectivity index (χ1) is 10.2. The molecule has 1 amide bonds. The predicted octanol–water partition coefficient (Wildman–Crippen LogP) is 3.22. The lowest BCUT2D eigenvalue weighted by atomic mass is 9.93. The molecule has 0 spiro atoms. The van der Waals surface area contributed by atoms with Gasteiger partial charge in [-0.25, -0.2) is 9.78 Å². The van der Waals surface area contributed by atoms with Gasteiger partial charge >= 0.3 is 5.97 Å². The van der Waals surface area contributed by atoms with Gasteiger partial charge in [-0.3, -0.25) is 4.79 Å². The molecule has 7 heteroatoms. The number of carboxylic acid groups (broad SMARTS) is 1. The van der Waals surface area contributed by atoms with Crippen molar-refractivity contribution in [2.24, 2.45) is 0 Å². The van der Waals surface area contributed by atoms with Gasteiger partial charge in [0.1, 0.15) is 5.01 Å². The van der Waals surface area contributed by atoms with E-state index in [9.17, 15) is 9.59 Å². The molecule has 0 bridgehead atoms. The maximum absolute atomic E-state index is 12.0. The average Bonchev–Trinajstić information content (AvgIpc) is 3.07. The lowest BCUT2D eigenvalue weighted by Gasteiger charge is -2.15. The van der Waals surface area contributed by atoms with Gasteiger partial charge in [0.2, 0.25) is 5.76 Å². The fourth-order valence-electron chi connectivity index (χ4n) is 1.74. The molecule has 0 saturated carbocycles. The third-order valence-electron chi connectivity index (χ3n) is 3.05. The van der Waals surface area contributed by atoms with Crippen molar-refractivity contribution < 1.29 is 19.1 Å². The van der Waals surface area contributed by atoms with Crippen LogP contribution in [-0.4, -0.2) is 22.0 Å². The normalized spacial score (nSPS) is 12.9. The Morgan fingerprint density at radius 3 is 2.45 bits per heavy atom. The van der Waals surface area contributed by atoms with Crippen LogP contribution in [0.15, 0.2) is 21.9 Å². The summed E-state index contributed by atoms with van der Waals surface area (Å²) in [5.41, 5.74) is 0.926. The van der Waals surface area contributed by atoms with Crippen LogP contribution in [0, 0.1) is 0 Å². The van der Waals surface area contributed by atoms with Crippen LogP contribution in [0.1, 0.15) is 65.5 Å². The van der Waals surface area contributed by atoms with Gasteiger partial charge < -0.3 is 14.8 Å². The number of nitrogens with one attached hydrogen (secondary N) is 1. The Balaban J connectivity index is 2.07. The molecule has 0 fully saturated rings. The molecule has 0 aromatic carbocycles. The second kappa shape index (κ2) is 5.92. The van der Waals surface area contributed by atoms with Crippen LogP contribution in [0.25, 0.3) is 0 Å². The molecule has 0 aliphatic heterocycles. The van der Waals surface area contributed by atoms with Gasteiger partial charge in [0.15, 0.2) is 5.76 Å². The summed E-state index contributed by atoms with van der Waals surface area (Å²) in [5.74, 6) is -1.96. The van der Waals surface area contributed by atoms with E-state index in [4.69, 9.17) is 9.52 Å². The summed E-state index contributed by atoms with van der Waals surface area (Å²) in [4.78, 5) is 27.3. The summed E-state index contributed by atoms with van der Waals surface area (Å²) in [6.45, 7) is 8.05. The number of furan rings is 1. The Kier molecular flexibility index (Phi) is 4.37. The Morgan fingerprint density at radius 2 is 1.95 bits per heavy atom. The van der Waals surface area contributed by atoms with Crippen LogP contribution in [0.5, 0.6) is 0 Å². The van der Waals surface area contributed by atoms with E-state index in [1.54, 1.807) is 0 Å². The van der Waals surface area contributed by atoms with E-state index in [-0.39, 0.29) is 23.0 Å². The van der Waals surface area contributed by atoms with E-state index < -0.39 is 11.9 Å². The summed E-state index contributed by atoms with van der Waals surface area (Å²) >= 11 is 1.48. The number of carboxylic acids is 1. The zero-order valence-corrected chi connectivity index (χ0v) is 13.7. The van der Waals surface area contributed by atoms with Gasteiger partial charge in [0, 0.05) is 10.8 Å². The van der Waals surface area contributed by atoms with Crippen molar-refractivity contribution in [1.82, 2.24) is 10.3 Å². The minimum atomic E-state index is -1.21. The lowest BCUT2D eigenvalue weighted by Crippen LogP contribution is -2.26. The average molecular weight is 322 g/mol. The molecule has 22 heavy (non-hydrogen) atoms. The number of amides is 1. The predicted molar refractivity (Wildman–Crippen MR) is 82.4 cm³/mol. The molecular weight excluding hydrogens is 304 g/mol. The Labute approximate surface area is 132 Å². The molecule has 1 atom stereocenters. The molecule has 6 nitrogen and oxygen atoms in total. The van der Waals surface area contributed by atoms with Gasteiger partial charge in [-0.15, -0.1) is 11.3 Å². The second-order valence-corrected chi connectivity index (χ2v) is 6.87. The molecule has 2 heterocycles. The third kappa shape index (κ3) is 3.54. The maximum atomic E-state index is 12.0. The molecule has 0 aliphatic rings. The third-order valence-corrected chi connectivity index (χ3v) is 4.08. The van der Waals surface area contributed by atoms with Gasteiger partial charge in [0.05, 0.1) is 11.7 Å². The summed E-state index contributed by atoms with van der Waals surface area (Å²) in [6.07, 6.45) is 0. The van der Waals surface area contributed by atoms with Crippen molar-refractivity contribution in [3.8, 4) is 0 Å². The zero-order chi connectivity index (χ0) is 16.5. The molecule has 2 aromatic rings. The van der Waals surface area contributed by atoms with Crippen LogP contribution in [0.3, 0.4) is 0 Å². The van der Waals surface area contributed by atoms with Gasteiger partial charge in [0.25, 0.3) is 5.91 Å². The molecule has 2 N–H and O–H groups in total. The maximum Gasteiger partial charge on any atom is 0.371 e. The lowest BCUT2D eigenvalue weighted by molar-refractivity contribution is 0.0659. The van der Waals surface area contributed by atoms with E-state index >= 15 is 0 Å². The first kappa shape index (κ1) is 16.2. The van der Waals surface area contributed by atoms with Crippen molar-refractivity contribution in [1.29, 1.82) is 0 Å². The molecule has 118 valence electrons. The molecule has 0 aliphatic carbocycles. The van der Waals surface area contributed by atoms with Gasteiger partial charge in [-0.2, -0.15) is 0 Å². The van der Waals surface area contributed by atoms with Crippen LogP contribution < -0.4 is 5.32 Å². The van der Waals surface area contributed by atoms with E-state index in [2.05, 4.69) is 31.1 Å². The fourth-order valence-corrected chi connectivity index (χ4v) is 2.79. The van der Waals surface area contributed by atoms with Crippen molar-refractivity contribution in [2.75, 3.05) is 0 Å². The van der Waals surface area contributed by atoms with E-state index in [0.717, 1.165) is 10.7 Å². The number of nitrogens with zero attached hydrogens (tertiary/aromatic N) is 1. The number of carbonyl (C=O) groups is 2. The molecule has 2 aromatic heterocycles. The van der Waals surface area contributed by atoms with Crippen LogP contribution in [-0.2, 0) is 5.41 Å². The molecule has 0 saturated heterocycles.